The lowest BCUT2D eigenvalue weighted by Gasteiger charge is -2.44. The van der Waals surface area contributed by atoms with Crippen LogP contribution in [0.2, 0.25) is 0 Å². The molecule has 1 aromatic rings. The Kier molecular flexibility index (Phi) is 5.57. The first-order valence-electron chi connectivity index (χ1n) is 6.06. The summed E-state index contributed by atoms with van der Waals surface area (Å²) >= 11 is 0. The minimum Gasteiger partial charge on any atom is -0.489 e. The van der Waals surface area contributed by atoms with Gasteiger partial charge < -0.3 is 10.5 Å². The van der Waals surface area contributed by atoms with E-state index < -0.39 is 0 Å². The molecule has 3 aliphatic heterocycles. The molecule has 102 valence electrons. The summed E-state index contributed by atoms with van der Waals surface area (Å²) in [5, 5.41) is 0. The zero-order valence-electron chi connectivity index (χ0n) is 10.2. The highest BCUT2D eigenvalue weighted by molar-refractivity contribution is 5.85. The molecule has 4 rings (SSSR count). The zero-order chi connectivity index (χ0) is 11.0. The maximum absolute atomic E-state index is 6.05. The summed E-state index contributed by atoms with van der Waals surface area (Å²) in [4.78, 5) is 2.50. The van der Waals surface area contributed by atoms with Crippen molar-refractivity contribution in [1.82, 2.24) is 4.90 Å². The van der Waals surface area contributed by atoms with Crippen molar-refractivity contribution >= 4 is 30.5 Å². The average molecular weight is 291 g/mol. The van der Waals surface area contributed by atoms with Gasteiger partial charge in [0, 0.05) is 18.3 Å². The van der Waals surface area contributed by atoms with E-state index in [0.717, 1.165) is 23.9 Å². The number of halogens is 2. The fourth-order valence-corrected chi connectivity index (χ4v) is 2.81. The molecule has 5 heteroatoms. The summed E-state index contributed by atoms with van der Waals surface area (Å²) in [7, 11) is 0. The highest BCUT2D eigenvalue weighted by atomic mass is 35.5. The quantitative estimate of drug-likeness (QED) is 0.851. The number of rotatable bonds is 2. The van der Waals surface area contributed by atoms with Gasteiger partial charge in [0.2, 0.25) is 0 Å². The van der Waals surface area contributed by atoms with Crippen molar-refractivity contribution in [2.75, 3.05) is 25.4 Å². The number of hydrogen-bond donors (Lipinski definition) is 1. The van der Waals surface area contributed by atoms with Gasteiger partial charge in [0.1, 0.15) is 11.9 Å². The summed E-state index contributed by atoms with van der Waals surface area (Å²) in [6.07, 6.45) is 2.93. The molecule has 3 saturated heterocycles. The van der Waals surface area contributed by atoms with Gasteiger partial charge in [0.15, 0.2) is 0 Å². The molecular weight excluding hydrogens is 271 g/mol. The van der Waals surface area contributed by atoms with Crippen LogP contribution < -0.4 is 10.5 Å². The lowest BCUT2D eigenvalue weighted by atomic mass is 9.86. The van der Waals surface area contributed by atoms with Gasteiger partial charge in [-0.15, -0.1) is 24.8 Å². The van der Waals surface area contributed by atoms with Gasteiger partial charge >= 0.3 is 0 Å². The first-order valence-corrected chi connectivity index (χ1v) is 6.06. The van der Waals surface area contributed by atoms with E-state index in [9.17, 15) is 0 Å². The molecule has 3 heterocycles. The minimum absolute atomic E-state index is 0. The molecule has 0 saturated carbocycles. The molecule has 3 nitrogen and oxygen atoms in total. The van der Waals surface area contributed by atoms with Crippen molar-refractivity contribution < 1.29 is 4.74 Å². The summed E-state index contributed by atoms with van der Waals surface area (Å²) in [5.74, 6) is 1.66. The average Bonchev–Trinajstić information content (AvgIpc) is 2.30. The van der Waals surface area contributed by atoms with Crippen LogP contribution in [-0.4, -0.2) is 30.6 Å². The molecule has 1 unspecified atom stereocenters. The molecule has 0 aliphatic carbocycles. The molecule has 0 spiro atoms. The Hall–Kier alpha value is -0.640. The molecule has 1 aromatic carbocycles. The van der Waals surface area contributed by atoms with Gasteiger partial charge in [-0.05, 0) is 44.0 Å². The number of nitrogens with zero attached hydrogens (tertiary/aromatic N) is 1. The smallest absolute Gasteiger partial charge is 0.121 e. The number of nitrogens with two attached hydrogens (primary N) is 1. The number of hydrogen-bond acceptors (Lipinski definition) is 3. The highest BCUT2D eigenvalue weighted by Gasteiger charge is 2.35. The van der Waals surface area contributed by atoms with Crippen molar-refractivity contribution in [3.05, 3.63) is 24.3 Å². The fraction of sp³-hybridized carbons (Fsp3) is 0.538. The Bertz CT molecular complexity index is 381. The number of ether oxygens (including phenoxy) is 1. The Morgan fingerprint density at radius 1 is 1.17 bits per heavy atom. The fourth-order valence-electron chi connectivity index (χ4n) is 2.81. The van der Waals surface area contributed by atoms with Crippen molar-refractivity contribution in [1.29, 1.82) is 0 Å². The molecule has 0 radical (unpaired) electrons. The van der Waals surface area contributed by atoms with E-state index in [2.05, 4.69) is 4.90 Å². The number of piperidine rings is 3. The normalized spacial score (nSPS) is 29.0. The molecule has 18 heavy (non-hydrogen) atoms. The first-order chi connectivity index (χ1) is 7.81. The van der Waals surface area contributed by atoms with E-state index in [1.807, 2.05) is 24.3 Å². The number of benzene rings is 1. The van der Waals surface area contributed by atoms with Gasteiger partial charge in [-0.1, -0.05) is 6.07 Å². The van der Waals surface area contributed by atoms with Crippen molar-refractivity contribution in [3.8, 4) is 5.75 Å². The van der Waals surface area contributed by atoms with E-state index >= 15 is 0 Å². The second kappa shape index (κ2) is 6.50. The van der Waals surface area contributed by atoms with Crippen LogP contribution in [0.5, 0.6) is 5.75 Å². The Morgan fingerprint density at radius 2 is 1.89 bits per heavy atom. The Labute approximate surface area is 120 Å². The summed E-state index contributed by atoms with van der Waals surface area (Å²) in [5.41, 5.74) is 6.53. The zero-order valence-corrected chi connectivity index (χ0v) is 11.9. The van der Waals surface area contributed by atoms with E-state index in [0.29, 0.717) is 6.10 Å². The van der Waals surface area contributed by atoms with Crippen LogP contribution in [0.15, 0.2) is 24.3 Å². The molecule has 0 amide bonds. The third kappa shape index (κ3) is 3.22. The third-order valence-electron chi connectivity index (χ3n) is 3.74. The molecule has 3 aliphatic rings. The van der Waals surface area contributed by atoms with Crippen LogP contribution in [0.25, 0.3) is 0 Å². The second-order valence-corrected chi connectivity index (χ2v) is 4.87. The monoisotopic (exact) mass is 290 g/mol. The van der Waals surface area contributed by atoms with Crippen LogP contribution in [0.3, 0.4) is 0 Å². The number of anilines is 1. The highest BCUT2D eigenvalue weighted by Crippen LogP contribution is 2.30. The SMILES string of the molecule is Cl.Cl.Nc1cccc(OC2CN3CCC2CC3)c1. The minimum atomic E-state index is 0. The van der Waals surface area contributed by atoms with E-state index in [-0.39, 0.29) is 24.8 Å². The van der Waals surface area contributed by atoms with Crippen molar-refractivity contribution in [2.45, 2.75) is 18.9 Å². The lowest BCUT2D eigenvalue weighted by molar-refractivity contribution is -0.00772. The summed E-state index contributed by atoms with van der Waals surface area (Å²) in [6, 6.07) is 7.75. The van der Waals surface area contributed by atoms with Crippen LogP contribution in [0.1, 0.15) is 12.8 Å². The maximum atomic E-state index is 6.05. The van der Waals surface area contributed by atoms with Gasteiger partial charge in [0.05, 0.1) is 0 Å². The molecule has 2 bridgehead atoms. The van der Waals surface area contributed by atoms with Gasteiger partial charge in [-0.3, -0.25) is 4.90 Å². The van der Waals surface area contributed by atoms with Gasteiger partial charge in [-0.2, -0.15) is 0 Å². The molecule has 3 fully saturated rings. The Balaban J connectivity index is 0.000000810. The van der Waals surface area contributed by atoms with Gasteiger partial charge in [-0.25, -0.2) is 0 Å². The van der Waals surface area contributed by atoms with Crippen molar-refractivity contribution in [3.63, 3.8) is 0 Å². The number of nitrogen functional groups attached to an aromatic ring is 1. The maximum Gasteiger partial charge on any atom is 0.121 e. The largest absolute Gasteiger partial charge is 0.489 e. The van der Waals surface area contributed by atoms with Crippen LogP contribution in [0.4, 0.5) is 5.69 Å². The standard InChI is InChI=1S/C13H18N2O.2ClH/c14-11-2-1-3-12(8-11)16-13-9-15-6-4-10(13)5-7-15;;/h1-3,8,10,13H,4-7,9,14H2;2*1H. The van der Waals surface area contributed by atoms with E-state index in [4.69, 9.17) is 10.5 Å². The van der Waals surface area contributed by atoms with Crippen LogP contribution in [0, 0.1) is 5.92 Å². The van der Waals surface area contributed by atoms with E-state index in [1.165, 1.54) is 25.9 Å². The topological polar surface area (TPSA) is 38.5 Å². The number of fused-ring (bicyclic) bond motifs is 3. The first kappa shape index (κ1) is 15.4. The summed E-state index contributed by atoms with van der Waals surface area (Å²) in [6.45, 7) is 3.59. The second-order valence-electron chi connectivity index (χ2n) is 4.87. The van der Waals surface area contributed by atoms with Gasteiger partial charge in [0.25, 0.3) is 0 Å². The third-order valence-corrected chi connectivity index (χ3v) is 3.74. The van der Waals surface area contributed by atoms with Crippen molar-refractivity contribution in [2.24, 2.45) is 5.92 Å². The molecule has 1 atom stereocenters. The molecule has 2 N–H and O–H groups in total. The predicted octanol–water partition coefficient (Wildman–Crippen LogP) is 2.59. The van der Waals surface area contributed by atoms with Crippen LogP contribution >= 0.6 is 24.8 Å². The van der Waals surface area contributed by atoms with E-state index in [1.54, 1.807) is 0 Å². The molecular formula is C13H20Cl2N2O. The molecule has 0 aromatic heterocycles. The predicted molar refractivity (Wildman–Crippen MR) is 78.9 cm³/mol. The lowest BCUT2D eigenvalue weighted by Crippen LogP contribution is -2.52. The Morgan fingerprint density at radius 3 is 2.44 bits per heavy atom. The summed E-state index contributed by atoms with van der Waals surface area (Å²) < 4.78 is 6.05. The van der Waals surface area contributed by atoms with Crippen LogP contribution in [-0.2, 0) is 0 Å².